The van der Waals surface area contributed by atoms with E-state index in [2.05, 4.69) is 26.6 Å². The third-order valence-corrected chi connectivity index (χ3v) is 4.00. The molecule has 0 aliphatic rings. The highest BCUT2D eigenvalue weighted by Crippen LogP contribution is 2.23. The molecule has 0 saturated carbocycles. The predicted molar refractivity (Wildman–Crippen MR) is 90.8 cm³/mol. The molecule has 4 nitrogen and oxygen atoms in total. The van der Waals surface area contributed by atoms with Crippen LogP contribution in [0.3, 0.4) is 0 Å². The Labute approximate surface area is 142 Å². The third-order valence-electron chi connectivity index (χ3n) is 2.98. The average molecular weight is 382 g/mol. The Hall–Kier alpha value is -1.85. The predicted octanol–water partition coefficient (Wildman–Crippen LogP) is 3.67. The normalized spacial score (nSPS) is 10.1. The molecule has 0 aromatic heterocycles. The van der Waals surface area contributed by atoms with Crippen molar-refractivity contribution in [3.8, 4) is 0 Å². The Morgan fingerprint density at radius 2 is 1.86 bits per heavy atom. The minimum Gasteiger partial charge on any atom is -0.344 e. The highest BCUT2D eigenvalue weighted by Gasteiger charge is 2.15. The van der Waals surface area contributed by atoms with Crippen LogP contribution in [0, 0.1) is 6.92 Å². The molecule has 0 aliphatic carbocycles. The molecule has 0 fully saturated rings. The first-order valence-electron chi connectivity index (χ1n) is 6.56. The van der Waals surface area contributed by atoms with Crippen LogP contribution in [0.4, 0.5) is 5.69 Å². The second-order valence-corrected chi connectivity index (χ2v) is 5.97. The SMILES string of the molecule is Cc1ccc(NC(=O)C(=O)NCc2ccccc2Cl)c(Br)c1. The van der Waals surface area contributed by atoms with Gasteiger partial charge in [-0.15, -0.1) is 0 Å². The minimum atomic E-state index is -0.725. The lowest BCUT2D eigenvalue weighted by Gasteiger charge is -2.09. The van der Waals surface area contributed by atoms with Crippen molar-refractivity contribution in [3.05, 3.63) is 63.1 Å². The summed E-state index contributed by atoms with van der Waals surface area (Å²) >= 11 is 9.34. The number of anilines is 1. The van der Waals surface area contributed by atoms with Gasteiger partial charge in [-0.05, 0) is 52.2 Å². The van der Waals surface area contributed by atoms with Gasteiger partial charge < -0.3 is 10.6 Å². The fourth-order valence-corrected chi connectivity index (χ4v) is 2.59. The van der Waals surface area contributed by atoms with Gasteiger partial charge in [0.1, 0.15) is 0 Å². The number of hydrogen-bond donors (Lipinski definition) is 2. The van der Waals surface area contributed by atoms with Crippen LogP contribution in [0.15, 0.2) is 46.9 Å². The first kappa shape index (κ1) is 16.5. The van der Waals surface area contributed by atoms with Crippen molar-refractivity contribution in [1.82, 2.24) is 5.32 Å². The van der Waals surface area contributed by atoms with Crippen molar-refractivity contribution in [3.63, 3.8) is 0 Å². The summed E-state index contributed by atoms with van der Waals surface area (Å²) in [6.07, 6.45) is 0. The Bertz CT molecular complexity index is 719. The number of halogens is 2. The molecule has 0 heterocycles. The zero-order chi connectivity index (χ0) is 16.1. The fourth-order valence-electron chi connectivity index (χ4n) is 1.80. The number of aryl methyl sites for hydroxylation is 1. The molecule has 2 aromatic carbocycles. The molecule has 0 radical (unpaired) electrons. The van der Waals surface area contributed by atoms with Crippen molar-refractivity contribution in [2.45, 2.75) is 13.5 Å². The van der Waals surface area contributed by atoms with Gasteiger partial charge in [0.2, 0.25) is 0 Å². The summed E-state index contributed by atoms with van der Waals surface area (Å²) in [6, 6.07) is 12.6. The van der Waals surface area contributed by atoms with E-state index >= 15 is 0 Å². The van der Waals surface area contributed by atoms with Crippen LogP contribution in [0.1, 0.15) is 11.1 Å². The van der Waals surface area contributed by atoms with Crippen LogP contribution in [0.2, 0.25) is 5.02 Å². The Balaban J connectivity index is 1.95. The van der Waals surface area contributed by atoms with Gasteiger partial charge in [-0.1, -0.05) is 35.9 Å². The van der Waals surface area contributed by atoms with Gasteiger partial charge in [0.15, 0.2) is 0 Å². The lowest BCUT2D eigenvalue weighted by Crippen LogP contribution is -2.35. The zero-order valence-electron chi connectivity index (χ0n) is 11.8. The molecule has 6 heteroatoms. The lowest BCUT2D eigenvalue weighted by atomic mass is 10.2. The summed E-state index contributed by atoms with van der Waals surface area (Å²) in [5.41, 5.74) is 2.35. The smallest absolute Gasteiger partial charge is 0.313 e. The maximum absolute atomic E-state index is 11.9. The van der Waals surface area contributed by atoms with Gasteiger partial charge >= 0.3 is 11.8 Å². The average Bonchev–Trinajstić information content (AvgIpc) is 2.49. The van der Waals surface area contributed by atoms with E-state index in [9.17, 15) is 9.59 Å². The molecule has 22 heavy (non-hydrogen) atoms. The topological polar surface area (TPSA) is 58.2 Å². The number of carbonyl (C=O) groups excluding carboxylic acids is 2. The first-order valence-corrected chi connectivity index (χ1v) is 7.73. The van der Waals surface area contributed by atoms with Crippen molar-refractivity contribution >= 4 is 45.0 Å². The third kappa shape index (κ3) is 4.32. The Kier molecular flexibility index (Phi) is 5.57. The lowest BCUT2D eigenvalue weighted by molar-refractivity contribution is -0.136. The molecule has 0 unspecified atom stereocenters. The first-order chi connectivity index (χ1) is 10.5. The van der Waals surface area contributed by atoms with E-state index in [0.717, 1.165) is 15.6 Å². The highest BCUT2D eigenvalue weighted by molar-refractivity contribution is 9.10. The second-order valence-electron chi connectivity index (χ2n) is 4.71. The minimum absolute atomic E-state index is 0.195. The molecular formula is C16H14BrClN2O2. The van der Waals surface area contributed by atoms with E-state index in [4.69, 9.17) is 11.6 Å². The molecule has 2 rings (SSSR count). The number of rotatable bonds is 3. The summed E-state index contributed by atoms with van der Waals surface area (Å²) in [6.45, 7) is 2.13. The molecule has 2 N–H and O–H groups in total. The van der Waals surface area contributed by atoms with Crippen molar-refractivity contribution in [2.75, 3.05) is 5.32 Å². The summed E-state index contributed by atoms with van der Waals surface area (Å²) in [7, 11) is 0. The van der Waals surface area contributed by atoms with Crippen LogP contribution >= 0.6 is 27.5 Å². The van der Waals surface area contributed by atoms with Crippen molar-refractivity contribution < 1.29 is 9.59 Å². The van der Waals surface area contributed by atoms with Gasteiger partial charge in [0.25, 0.3) is 0 Å². The van der Waals surface area contributed by atoms with Gasteiger partial charge in [-0.3, -0.25) is 9.59 Å². The molecule has 0 spiro atoms. The number of amides is 2. The van der Waals surface area contributed by atoms with Gasteiger partial charge in [-0.2, -0.15) is 0 Å². The van der Waals surface area contributed by atoms with Gasteiger partial charge in [0.05, 0.1) is 5.69 Å². The Morgan fingerprint density at radius 3 is 2.55 bits per heavy atom. The van der Waals surface area contributed by atoms with E-state index in [-0.39, 0.29) is 6.54 Å². The maximum Gasteiger partial charge on any atom is 0.313 e. The molecule has 0 saturated heterocycles. The van der Waals surface area contributed by atoms with Crippen LogP contribution in [-0.2, 0) is 16.1 Å². The molecular weight excluding hydrogens is 368 g/mol. The molecule has 0 atom stereocenters. The van der Waals surface area contributed by atoms with Crippen LogP contribution in [0.25, 0.3) is 0 Å². The van der Waals surface area contributed by atoms with E-state index < -0.39 is 11.8 Å². The van der Waals surface area contributed by atoms with Crippen molar-refractivity contribution in [2.24, 2.45) is 0 Å². The van der Waals surface area contributed by atoms with E-state index in [1.165, 1.54) is 0 Å². The molecule has 2 aromatic rings. The number of carbonyl (C=O) groups is 2. The summed E-state index contributed by atoms with van der Waals surface area (Å²) in [5, 5.41) is 5.64. The summed E-state index contributed by atoms with van der Waals surface area (Å²) < 4.78 is 0.722. The summed E-state index contributed by atoms with van der Waals surface area (Å²) in [4.78, 5) is 23.7. The monoisotopic (exact) mass is 380 g/mol. The van der Waals surface area contributed by atoms with E-state index in [1.807, 2.05) is 25.1 Å². The molecule has 0 aliphatic heterocycles. The quantitative estimate of drug-likeness (QED) is 0.797. The molecule has 2 amide bonds. The number of hydrogen-bond acceptors (Lipinski definition) is 2. The largest absolute Gasteiger partial charge is 0.344 e. The standard InChI is InChI=1S/C16H14BrClN2O2/c1-10-6-7-14(12(17)8-10)20-16(22)15(21)19-9-11-4-2-3-5-13(11)18/h2-8H,9H2,1H3,(H,19,21)(H,20,22). The highest BCUT2D eigenvalue weighted by atomic mass is 79.9. The Morgan fingerprint density at radius 1 is 1.14 bits per heavy atom. The van der Waals surface area contributed by atoms with Gasteiger partial charge in [0, 0.05) is 16.0 Å². The van der Waals surface area contributed by atoms with Crippen LogP contribution in [-0.4, -0.2) is 11.8 Å². The van der Waals surface area contributed by atoms with E-state index in [0.29, 0.717) is 10.7 Å². The van der Waals surface area contributed by atoms with Crippen LogP contribution in [0.5, 0.6) is 0 Å². The van der Waals surface area contributed by atoms with Gasteiger partial charge in [-0.25, -0.2) is 0 Å². The number of benzene rings is 2. The molecule has 114 valence electrons. The maximum atomic E-state index is 11.9. The zero-order valence-corrected chi connectivity index (χ0v) is 14.2. The second kappa shape index (κ2) is 7.42. The van der Waals surface area contributed by atoms with E-state index in [1.54, 1.807) is 24.3 Å². The fraction of sp³-hybridized carbons (Fsp3) is 0.125. The molecule has 0 bridgehead atoms. The van der Waals surface area contributed by atoms with Crippen molar-refractivity contribution in [1.29, 1.82) is 0 Å². The number of nitrogens with one attached hydrogen (secondary N) is 2. The summed E-state index contributed by atoms with van der Waals surface area (Å²) in [5.74, 6) is -1.44. The van der Waals surface area contributed by atoms with Crippen LogP contribution < -0.4 is 10.6 Å².